The van der Waals surface area contributed by atoms with Gasteiger partial charge in [-0.25, -0.2) is 4.39 Å². The topological polar surface area (TPSA) is 76.1 Å². The molecule has 3 aliphatic rings. The normalized spacial score (nSPS) is 22.2. The second-order valence-electron chi connectivity index (χ2n) is 9.58. The minimum absolute atomic E-state index is 0.0472. The smallest absolute Gasteiger partial charge is 0.380 e. The predicted molar refractivity (Wildman–Crippen MR) is 127 cm³/mol. The molecule has 1 aromatic heterocycles. The number of ether oxygens (including phenoxy) is 1. The molecule has 1 N–H and O–H groups in total. The van der Waals surface area contributed by atoms with E-state index in [1.807, 2.05) is 6.92 Å². The lowest BCUT2D eigenvalue weighted by Crippen LogP contribution is -2.50. The minimum Gasteiger partial charge on any atom is -0.380 e. The molecule has 3 aliphatic heterocycles. The molecule has 0 bridgehead atoms. The highest BCUT2D eigenvalue weighted by Crippen LogP contribution is 2.50. The lowest BCUT2D eigenvalue weighted by atomic mass is 9.83. The largest absolute Gasteiger partial charge is 0.435 e. The molecule has 0 radical (unpaired) electrons. The van der Waals surface area contributed by atoms with Crippen molar-refractivity contribution in [3.63, 3.8) is 0 Å². The van der Waals surface area contributed by atoms with Crippen LogP contribution in [0.1, 0.15) is 46.9 Å². The Balaban J connectivity index is 1.31. The zero-order valence-electron chi connectivity index (χ0n) is 19.6. The number of alkyl halides is 3. The highest BCUT2D eigenvalue weighted by molar-refractivity contribution is 6.35. The van der Waals surface area contributed by atoms with Crippen LogP contribution in [0, 0.1) is 11.2 Å². The van der Waals surface area contributed by atoms with Gasteiger partial charge < -0.3 is 19.8 Å². The molecular formula is C24H22Cl2F4N4O3. The highest BCUT2D eigenvalue weighted by Gasteiger charge is 2.63. The number of oxime groups is 1. The molecule has 198 valence electrons. The number of nitrogens with zero attached hydrogens (tertiary/aromatic N) is 3. The molecule has 4 heterocycles. The van der Waals surface area contributed by atoms with E-state index in [-0.39, 0.29) is 35.9 Å². The Morgan fingerprint density at radius 1 is 1.16 bits per heavy atom. The van der Waals surface area contributed by atoms with Crippen molar-refractivity contribution in [1.29, 1.82) is 0 Å². The van der Waals surface area contributed by atoms with Gasteiger partial charge in [0, 0.05) is 36.8 Å². The van der Waals surface area contributed by atoms with Gasteiger partial charge in [0.25, 0.3) is 11.5 Å². The molecule has 37 heavy (non-hydrogen) atoms. The average Bonchev–Trinajstić information content (AvgIpc) is 3.46. The van der Waals surface area contributed by atoms with E-state index < -0.39 is 39.6 Å². The van der Waals surface area contributed by atoms with E-state index in [9.17, 15) is 22.4 Å². The van der Waals surface area contributed by atoms with Gasteiger partial charge in [0.05, 0.1) is 29.7 Å². The summed E-state index contributed by atoms with van der Waals surface area (Å²) in [4.78, 5) is 23.5. The van der Waals surface area contributed by atoms with Crippen molar-refractivity contribution in [2.45, 2.75) is 44.6 Å². The van der Waals surface area contributed by atoms with Crippen molar-refractivity contribution in [2.24, 2.45) is 10.6 Å². The summed E-state index contributed by atoms with van der Waals surface area (Å²) in [6.07, 6.45) is -3.15. The Labute approximate surface area is 219 Å². The third-order valence-corrected chi connectivity index (χ3v) is 7.77. The number of carbonyl (C=O) groups excluding carboxylic acids is 1. The van der Waals surface area contributed by atoms with Gasteiger partial charge in [-0.05, 0) is 35.7 Å². The molecule has 1 aromatic carbocycles. The van der Waals surface area contributed by atoms with Gasteiger partial charge in [-0.3, -0.25) is 9.78 Å². The van der Waals surface area contributed by atoms with Crippen LogP contribution in [0.2, 0.25) is 10.0 Å². The Bertz CT molecular complexity index is 1260. The molecule has 2 aromatic rings. The first kappa shape index (κ1) is 26.0. The summed E-state index contributed by atoms with van der Waals surface area (Å²) in [7, 11) is 0. The number of amides is 1. The number of aromatic nitrogens is 1. The average molecular weight is 561 g/mol. The molecule has 0 saturated carbocycles. The molecule has 0 aliphatic carbocycles. The van der Waals surface area contributed by atoms with Gasteiger partial charge in [0.15, 0.2) is 5.82 Å². The number of hydrogen-bond acceptors (Lipinski definition) is 6. The standard InChI is InChI=1S/C24H22Cl2F4N4O3/c1-2-22(11-36-12-22)10-32-21(35)18-3-13-8-34(9-14(13)7-31-18)19-6-23(37-33-19,24(28,29)30)15-4-16(25)20(27)17(26)5-15/h3-5,7H,2,6,8-12H2,1H3,(H,32,35). The maximum atomic E-state index is 14.3. The monoisotopic (exact) mass is 560 g/mol. The number of carbonyl (C=O) groups is 1. The van der Waals surface area contributed by atoms with E-state index in [0.717, 1.165) is 29.7 Å². The maximum absolute atomic E-state index is 14.3. The number of halogens is 6. The van der Waals surface area contributed by atoms with Gasteiger partial charge in [-0.2, -0.15) is 13.2 Å². The quantitative estimate of drug-likeness (QED) is 0.402. The van der Waals surface area contributed by atoms with E-state index in [4.69, 9.17) is 32.8 Å². The molecule has 1 unspecified atom stereocenters. The summed E-state index contributed by atoms with van der Waals surface area (Å²) in [5.74, 6) is -1.30. The summed E-state index contributed by atoms with van der Waals surface area (Å²) >= 11 is 11.5. The SMILES string of the molecule is CCC1(CNC(=O)c2cc3c(cn2)CN(C2=NOC(c4cc(Cl)c(F)c(Cl)c4)(C(F)(F)F)C2)C3)COC1. The molecule has 5 rings (SSSR count). The summed E-state index contributed by atoms with van der Waals surface area (Å²) in [6, 6.07) is 3.33. The van der Waals surface area contributed by atoms with Crippen LogP contribution in [0.15, 0.2) is 29.6 Å². The predicted octanol–water partition coefficient (Wildman–Crippen LogP) is 5.19. The molecule has 13 heteroatoms. The van der Waals surface area contributed by atoms with Crippen molar-refractivity contribution in [3.05, 3.63) is 62.6 Å². The number of nitrogens with one attached hydrogen (secondary N) is 1. The Kier molecular flexibility index (Phi) is 6.52. The van der Waals surface area contributed by atoms with Crippen molar-refractivity contribution in [2.75, 3.05) is 19.8 Å². The Morgan fingerprint density at radius 2 is 1.84 bits per heavy atom. The van der Waals surface area contributed by atoms with Crippen LogP contribution in [0.4, 0.5) is 17.6 Å². The summed E-state index contributed by atoms with van der Waals surface area (Å²) in [5, 5.41) is 5.54. The van der Waals surface area contributed by atoms with E-state index in [1.54, 1.807) is 17.2 Å². The lowest BCUT2D eigenvalue weighted by Gasteiger charge is -2.40. The van der Waals surface area contributed by atoms with Gasteiger partial charge in [0.1, 0.15) is 11.5 Å². The first-order valence-corrected chi connectivity index (χ1v) is 12.3. The van der Waals surface area contributed by atoms with Gasteiger partial charge >= 0.3 is 6.18 Å². The number of fused-ring (bicyclic) bond motifs is 1. The zero-order valence-corrected chi connectivity index (χ0v) is 21.1. The highest BCUT2D eigenvalue weighted by atomic mass is 35.5. The molecule has 7 nitrogen and oxygen atoms in total. The third kappa shape index (κ3) is 4.51. The third-order valence-electron chi connectivity index (χ3n) is 7.22. The number of hydrogen-bond donors (Lipinski definition) is 1. The summed E-state index contributed by atoms with van der Waals surface area (Å²) in [6.45, 7) is 4.15. The molecule has 1 fully saturated rings. The first-order chi connectivity index (χ1) is 17.5. The van der Waals surface area contributed by atoms with Crippen LogP contribution in [0.3, 0.4) is 0 Å². The fraction of sp³-hybridized carbons (Fsp3) is 0.458. The number of rotatable bonds is 5. The van der Waals surface area contributed by atoms with Crippen LogP contribution >= 0.6 is 23.2 Å². The summed E-state index contributed by atoms with van der Waals surface area (Å²) < 4.78 is 62.0. The minimum atomic E-state index is -4.90. The van der Waals surface area contributed by atoms with Crippen LogP contribution in [0.5, 0.6) is 0 Å². The molecule has 1 saturated heterocycles. The van der Waals surface area contributed by atoms with Crippen LogP contribution in [-0.4, -0.2) is 47.6 Å². The molecule has 1 atom stereocenters. The van der Waals surface area contributed by atoms with Gasteiger partial charge in [-0.1, -0.05) is 35.3 Å². The van der Waals surface area contributed by atoms with E-state index in [1.165, 1.54) is 0 Å². The summed E-state index contributed by atoms with van der Waals surface area (Å²) in [5.41, 5.74) is -1.66. The van der Waals surface area contributed by atoms with Gasteiger partial charge in [-0.15, -0.1) is 0 Å². The Hall–Kier alpha value is -2.63. The van der Waals surface area contributed by atoms with Crippen molar-refractivity contribution in [1.82, 2.24) is 15.2 Å². The number of pyridine rings is 1. The number of benzene rings is 1. The Morgan fingerprint density at radius 3 is 2.43 bits per heavy atom. The van der Waals surface area contributed by atoms with Crippen LogP contribution < -0.4 is 5.32 Å². The molecule has 1 amide bonds. The van der Waals surface area contributed by atoms with E-state index >= 15 is 0 Å². The van der Waals surface area contributed by atoms with Crippen molar-refractivity contribution >= 4 is 34.9 Å². The van der Waals surface area contributed by atoms with Crippen molar-refractivity contribution < 1.29 is 31.9 Å². The number of amidine groups is 1. The van der Waals surface area contributed by atoms with E-state index in [0.29, 0.717) is 19.8 Å². The lowest BCUT2D eigenvalue weighted by molar-refractivity contribution is -0.275. The maximum Gasteiger partial charge on any atom is 0.435 e. The zero-order chi connectivity index (χ0) is 26.6. The van der Waals surface area contributed by atoms with E-state index in [2.05, 4.69) is 15.5 Å². The molecular weight excluding hydrogens is 539 g/mol. The molecule has 0 spiro atoms. The van der Waals surface area contributed by atoms with Crippen molar-refractivity contribution in [3.8, 4) is 0 Å². The second kappa shape index (κ2) is 9.28. The second-order valence-corrected chi connectivity index (χ2v) is 10.4. The fourth-order valence-corrected chi connectivity index (χ4v) is 5.10. The van der Waals surface area contributed by atoms with Crippen LogP contribution in [-0.2, 0) is 28.3 Å². The van der Waals surface area contributed by atoms with Crippen LogP contribution in [0.25, 0.3) is 0 Å². The fourth-order valence-electron chi connectivity index (χ4n) is 4.62. The van der Waals surface area contributed by atoms with Gasteiger partial charge in [0.2, 0.25) is 0 Å². The first-order valence-electron chi connectivity index (χ1n) is 11.5.